The van der Waals surface area contributed by atoms with Crippen LogP contribution in [0.4, 0.5) is 0 Å². The minimum Gasteiger partial charge on any atom is -0.354 e. The van der Waals surface area contributed by atoms with Gasteiger partial charge in [0.25, 0.3) is 0 Å². The van der Waals surface area contributed by atoms with Crippen LogP contribution in [0.1, 0.15) is 5.56 Å². The fraction of sp³-hybridized carbons (Fsp3) is 0.364. The number of benzene rings is 1. The molecule has 16 heavy (non-hydrogen) atoms. The third kappa shape index (κ3) is 4.10. The molecule has 0 unspecified atom stereocenters. The smallest absolute Gasteiger partial charge is 0.176 e. The summed E-state index contributed by atoms with van der Waals surface area (Å²) in [6.07, 6.45) is 1.38. The van der Waals surface area contributed by atoms with E-state index in [0.717, 1.165) is 5.56 Å². The van der Waals surface area contributed by atoms with Gasteiger partial charge >= 0.3 is 0 Å². The number of rotatable bonds is 5. The summed E-state index contributed by atoms with van der Waals surface area (Å²) >= 11 is 11.7. The molecule has 0 atom stereocenters. The molecular weight excluding hydrogens is 249 g/mol. The van der Waals surface area contributed by atoms with E-state index < -0.39 is 0 Å². The molecule has 0 aliphatic heterocycles. The highest BCUT2D eigenvalue weighted by Crippen LogP contribution is 2.21. The number of hydrogen-bond acceptors (Lipinski definition) is 3. The van der Waals surface area contributed by atoms with Crippen molar-refractivity contribution in [1.29, 1.82) is 0 Å². The Morgan fingerprint density at radius 1 is 1.25 bits per heavy atom. The Kier molecular flexibility index (Phi) is 5.77. The van der Waals surface area contributed by atoms with E-state index >= 15 is 0 Å². The zero-order valence-electron chi connectivity index (χ0n) is 9.11. The van der Waals surface area contributed by atoms with E-state index in [2.05, 4.69) is 4.99 Å². The number of halogens is 2. The average molecular weight is 262 g/mol. The van der Waals surface area contributed by atoms with Crippen molar-refractivity contribution in [2.24, 2.45) is 4.99 Å². The minimum absolute atomic E-state index is 0.320. The summed E-state index contributed by atoms with van der Waals surface area (Å²) in [5.41, 5.74) is 0.889. The molecule has 0 heterocycles. The summed E-state index contributed by atoms with van der Waals surface area (Å²) in [5, 5.41) is 1.05. The van der Waals surface area contributed by atoms with Gasteiger partial charge in [-0.2, -0.15) is 0 Å². The monoisotopic (exact) mass is 261 g/mol. The second-order valence-electron chi connectivity index (χ2n) is 3.07. The highest BCUT2D eigenvalue weighted by molar-refractivity contribution is 6.42. The van der Waals surface area contributed by atoms with Crippen LogP contribution in [0.25, 0.3) is 0 Å². The van der Waals surface area contributed by atoms with Crippen LogP contribution in [0.15, 0.2) is 23.2 Å². The lowest BCUT2D eigenvalue weighted by Crippen LogP contribution is -2.16. The van der Waals surface area contributed by atoms with Crippen LogP contribution in [0, 0.1) is 0 Å². The van der Waals surface area contributed by atoms with Crippen molar-refractivity contribution in [1.82, 2.24) is 0 Å². The Hall–Kier alpha value is -0.610. The second-order valence-corrected chi connectivity index (χ2v) is 3.88. The maximum Gasteiger partial charge on any atom is 0.176 e. The van der Waals surface area contributed by atoms with Gasteiger partial charge in [0, 0.05) is 20.4 Å². The van der Waals surface area contributed by atoms with Crippen LogP contribution >= 0.6 is 23.2 Å². The number of hydrogen-bond donors (Lipinski definition) is 0. The van der Waals surface area contributed by atoms with Crippen LogP contribution in [0.3, 0.4) is 0 Å². The molecule has 1 aromatic rings. The normalized spacial score (nSPS) is 11.6. The minimum atomic E-state index is -0.320. The van der Waals surface area contributed by atoms with E-state index in [1.54, 1.807) is 32.6 Å². The molecule has 0 amide bonds. The van der Waals surface area contributed by atoms with Gasteiger partial charge in [0.1, 0.15) is 0 Å². The molecule has 0 aliphatic rings. The first-order valence-corrected chi connectivity index (χ1v) is 5.43. The molecule has 88 valence electrons. The lowest BCUT2D eigenvalue weighted by Gasteiger charge is -2.09. The maximum absolute atomic E-state index is 5.87. The molecule has 3 nitrogen and oxygen atoms in total. The van der Waals surface area contributed by atoms with Gasteiger partial charge in [-0.25, -0.2) is 0 Å². The van der Waals surface area contributed by atoms with Crippen molar-refractivity contribution in [3.8, 4) is 0 Å². The van der Waals surface area contributed by atoms with Gasteiger partial charge in [-0.1, -0.05) is 29.3 Å². The zero-order chi connectivity index (χ0) is 12.0. The molecule has 0 saturated heterocycles. The van der Waals surface area contributed by atoms with E-state index in [1.165, 1.54) is 0 Å². The Morgan fingerprint density at radius 2 is 1.94 bits per heavy atom. The predicted octanol–water partition coefficient (Wildman–Crippen LogP) is 3.03. The first kappa shape index (κ1) is 13.5. The van der Waals surface area contributed by atoms with Crippen LogP contribution in [0.2, 0.25) is 10.0 Å². The number of nitrogens with zero attached hydrogens (tertiary/aromatic N) is 1. The largest absolute Gasteiger partial charge is 0.354 e. The third-order valence-electron chi connectivity index (χ3n) is 1.96. The highest BCUT2D eigenvalue weighted by atomic mass is 35.5. The molecule has 0 fully saturated rings. The standard InChI is InChI=1S/C11H13Cl2NO2/c1-15-11(16-2)7-14-6-8-3-4-9(12)10(13)5-8/h3-6,11H,7H2,1-2H3/b14-6-. The first-order chi connectivity index (χ1) is 7.67. The lowest BCUT2D eigenvalue weighted by molar-refractivity contribution is -0.0936. The number of aliphatic imine (C=N–C) groups is 1. The molecule has 0 spiro atoms. The van der Waals surface area contributed by atoms with Crippen LogP contribution in [-0.2, 0) is 9.47 Å². The molecule has 0 N–H and O–H groups in total. The lowest BCUT2D eigenvalue weighted by atomic mass is 10.2. The fourth-order valence-electron chi connectivity index (χ4n) is 1.08. The fourth-order valence-corrected chi connectivity index (χ4v) is 1.39. The molecule has 0 radical (unpaired) electrons. The molecule has 1 rings (SSSR count). The third-order valence-corrected chi connectivity index (χ3v) is 2.70. The molecule has 0 saturated carbocycles. The van der Waals surface area contributed by atoms with E-state index in [0.29, 0.717) is 16.6 Å². The molecule has 5 heteroatoms. The Morgan fingerprint density at radius 3 is 2.50 bits per heavy atom. The summed E-state index contributed by atoms with van der Waals surface area (Å²) in [6.45, 7) is 0.438. The first-order valence-electron chi connectivity index (χ1n) is 4.68. The van der Waals surface area contributed by atoms with Gasteiger partial charge in [-0.05, 0) is 17.7 Å². The quantitative estimate of drug-likeness (QED) is 0.603. The van der Waals surface area contributed by atoms with Crippen LogP contribution in [-0.4, -0.2) is 33.3 Å². The van der Waals surface area contributed by atoms with Gasteiger partial charge < -0.3 is 9.47 Å². The van der Waals surface area contributed by atoms with E-state index in [1.807, 2.05) is 6.07 Å². The van der Waals surface area contributed by atoms with Crippen molar-refractivity contribution in [3.05, 3.63) is 33.8 Å². The summed E-state index contributed by atoms with van der Waals surface area (Å²) in [4.78, 5) is 4.18. The number of ether oxygens (including phenoxy) is 2. The average Bonchev–Trinajstić information content (AvgIpc) is 2.29. The van der Waals surface area contributed by atoms with Crippen molar-refractivity contribution in [3.63, 3.8) is 0 Å². The van der Waals surface area contributed by atoms with Crippen molar-refractivity contribution < 1.29 is 9.47 Å². The van der Waals surface area contributed by atoms with Crippen molar-refractivity contribution in [2.45, 2.75) is 6.29 Å². The van der Waals surface area contributed by atoms with Gasteiger partial charge in [0.2, 0.25) is 0 Å². The van der Waals surface area contributed by atoms with Crippen LogP contribution < -0.4 is 0 Å². The van der Waals surface area contributed by atoms with Crippen LogP contribution in [0.5, 0.6) is 0 Å². The van der Waals surface area contributed by atoms with Gasteiger partial charge in [-0.15, -0.1) is 0 Å². The predicted molar refractivity (Wildman–Crippen MR) is 66.7 cm³/mol. The topological polar surface area (TPSA) is 30.8 Å². The molecule has 0 aromatic heterocycles. The van der Waals surface area contributed by atoms with E-state index in [-0.39, 0.29) is 6.29 Å². The highest BCUT2D eigenvalue weighted by Gasteiger charge is 2.02. The van der Waals surface area contributed by atoms with Gasteiger partial charge in [0.15, 0.2) is 6.29 Å². The van der Waals surface area contributed by atoms with Crippen molar-refractivity contribution >= 4 is 29.4 Å². The summed E-state index contributed by atoms with van der Waals surface area (Å²) in [7, 11) is 3.14. The summed E-state index contributed by atoms with van der Waals surface area (Å²) in [5.74, 6) is 0. The second kappa shape index (κ2) is 6.86. The Balaban J connectivity index is 2.59. The maximum atomic E-state index is 5.87. The van der Waals surface area contributed by atoms with Gasteiger partial charge in [-0.3, -0.25) is 4.99 Å². The van der Waals surface area contributed by atoms with E-state index in [4.69, 9.17) is 32.7 Å². The molecule has 0 bridgehead atoms. The Bertz CT molecular complexity index is 365. The molecule has 0 aliphatic carbocycles. The zero-order valence-corrected chi connectivity index (χ0v) is 10.6. The van der Waals surface area contributed by atoms with Crippen molar-refractivity contribution in [2.75, 3.05) is 20.8 Å². The Labute approximate surface area is 105 Å². The summed E-state index contributed by atoms with van der Waals surface area (Å²) < 4.78 is 9.99. The molecule has 1 aromatic carbocycles. The van der Waals surface area contributed by atoms with E-state index in [9.17, 15) is 0 Å². The SMILES string of the molecule is COC(C/N=C\c1ccc(Cl)c(Cl)c1)OC. The molecular formula is C11H13Cl2NO2. The number of methoxy groups -OCH3 is 2. The summed E-state index contributed by atoms with van der Waals surface area (Å²) in [6, 6.07) is 5.32. The van der Waals surface area contributed by atoms with Gasteiger partial charge in [0.05, 0.1) is 16.6 Å².